The lowest BCUT2D eigenvalue weighted by molar-refractivity contribution is 0.101. The van der Waals surface area contributed by atoms with E-state index in [4.69, 9.17) is 23.2 Å². The van der Waals surface area contributed by atoms with Crippen molar-refractivity contribution in [3.8, 4) is 17.1 Å². The van der Waals surface area contributed by atoms with Crippen LogP contribution in [0.1, 0.15) is 10.6 Å². The van der Waals surface area contributed by atoms with Crippen molar-refractivity contribution in [1.82, 2.24) is 14.8 Å². The molecule has 0 spiro atoms. The average molecular weight is 459 g/mol. The maximum absolute atomic E-state index is 13.0. The number of rotatable bonds is 4. The summed E-state index contributed by atoms with van der Waals surface area (Å²) in [5.74, 6) is 0.137. The summed E-state index contributed by atoms with van der Waals surface area (Å²) in [4.78, 5) is 17.5. The molecule has 0 aliphatic rings. The lowest BCUT2D eigenvalue weighted by atomic mass is 10.1. The molecule has 0 atom stereocenters. The molecular weight excluding hydrogens is 443 g/mol. The predicted molar refractivity (Wildman–Crippen MR) is 129 cm³/mol. The second-order valence-corrected chi connectivity index (χ2v) is 8.05. The number of nitrogens with one attached hydrogen (secondary N) is 1. The van der Waals surface area contributed by atoms with Crippen molar-refractivity contribution in [1.29, 1.82) is 0 Å². The van der Waals surface area contributed by atoms with Gasteiger partial charge in [0.1, 0.15) is 0 Å². The van der Waals surface area contributed by atoms with E-state index in [1.807, 2.05) is 66.7 Å². The van der Waals surface area contributed by atoms with E-state index in [9.17, 15) is 4.79 Å². The van der Waals surface area contributed by atoms with Gasteiger partial charge >= 0.3 is 0 Å². The summed E-state index contributed by atoms with van der Waals surface area (Å²) in [6.07, 6.45) is 0. The first-order chi connectivity index (χ1) is 15.6. The van der Waals surface area contributed by atoms with Gasteiger partial charge < -0.3 is 5.32 Å². The van der Waals surface area contributed by atoms with E-state index in [2.05, 4.69) is 15.4 Å². The van der Waals surface area contributed by atoms with Gasteiger partial charge in [-0.25, -0.2) is 9.67 Å². The molecule has 5 rings (SSSR count). The molecule has 0 unspecified atom stereocenters. The molecule has 156 valence electrons. The molecule has 0 radical (unpaired) electrons. The zero-order chi connectivity index (χ0) is 22.1. The summed E-state index contributed by atoms with van der Waals surface area (Å²) in [6.45, 7) is 0. The molecule has 4 aromatic carbocycles. The fourth-order valence-corrected chi connectivity index (χ4v) is 3.76. The lowest BCUT2D eigenvalue weighted by Gasteiger charge is -2.06. The van der Waals surface area contributed by atoms with Crippen molar-refractivity contribution in [2.24, 2.45) is 0 Å². The number of carbonyl (C=O) groups is 1. The fraction of sp³-hybridized carbons (Fsp3) is 0. The van der Waals surface area contributed by atoms with Gasteiger partial charge in [0, 0.05) is 21.3 Å². The van der Waals surface area contributed by atoms with E-state index in [0.717, 1.165) is 22.0 Å². The molecule has 1 amide bonds. The van der Waals surface area contributed by atoms with Gasteiger partial charge in [0.25, 0.3) is 5.91 Å². The topological polar surface area (TPSA) is 59.8 Å². The van der Waals surface area contributed by atoms with Crippen LogP contribution in [0.2, 0.25) is 10.0 Å². The van der Waals surface area contributed by atoms with Crippen molar-refractivity contribution in [3.63, 3.8) is 0 Å². The minimum Gasteiger partial charge on any atom is -0.319 e. The van der Waals surface area contributed by atoms with Crippen molar-refractivity contribution in [3.05, 3.63) is 107 Å². The van der Waals surface area contributed by atoms with Crippen molar-refractivity contribution in [2.75, 3.05) is 5.32 Å². The quantitative estimate of drug-likeness (QED) is 0.328. The highest BCUT2D eigenvalue weighted by atomic mass is 35.5. The SMILES string of the molecule is O=C(Nc1ccc2ccccc2c1)c1nc(-c2cccc(Cl)c2)n(-c2ccc(Cl)cc2)n1. The minimum absolute atomic E-state index is 0.0445. The highest BCUT2D eigenvalue weighted by molar-refractivity contribution is 6.31. The molecule has 1 heterocycles. The first-order valence-corrected chi connectivity index (χ1v) is 10.6. The zero-order valence-corrected chi connectivity index (χ0v) is 18.2. The second-order valence-electron chi connectivity index (χ2n) is 7.17. The van der Waals surface area contributed by atoms with Gasteiger partial charge in [0.05, 0.1) is 5.69 Å². The number of anilines is 1. The average Bonchev–Trinajstić information content (AvgIpc) is 3.25. The van der Waals surface area contributed by atoms with Crippen LogP contribution >= 0.6 is 23.2 Å². The van der Waals surface area contributed by atoms with Crippen LogP contribution in [0.15, 0.2) is 91.0 Å². The molecule has 0 aliphatic heterocycles. The Morgan fingerprint density at radius 1 is 0.781 bits per heavy atom. The van der Waals surface area contributed by atoms with Gasteiger partial charge in [-0.05, 0) is 59.3 Å². The van der Waals surface area contributed by atoms with E-state index < -0.39 is 5.91 Å². The standard InChI is InChI=1S/C25H16Cl2N4O/c26-19-9-12-22(13-10-19)31-24(18-6-3-7-20(27)14-18)29-23(30-31)25(32)28-21-11-8-16-4-1-2-5-17(16)15-21/h1-15H,(H,28,32). The molecule has 32 heavy (non-hydrogen) atoms. The molecule has 0 saturated carbocycles. The van der Waals surface area contributed by atoms with Gasteiger partial charge in [0.2, 0.25) is 5.82 Å². The number of nitrogens with zero attached hydrogens (tertiary/aromatic N) is 3. The Labute approximate surface area is 194 Å². The van der Waals surface area contributed by atoms with Crippen LogP contribution in [0, 0.1) is 0 Å². The molecule has 1 N–H and O–H groups in total. The molecule has 5 aromatic rings. The summed E-state index contributed by atoms with van der Waals surface area (Å²) in [5.41, 5.74) is 2.13. The Kier molecular flexibility index (Phi) is 5.35. The minimum atomic E-state index is -0.406. The Hall–Kier alpha value is -3.67. The molecular formula is C25H16Cl2N4O. The number of hydrogen-bond acceptors (Lipinski definition) is 3. The third kappa shape index (κ3) is 4.08. The van der Waals surface area contributed by atoms with Gasteiger partial charge in [-0.1, -0.05) is 65.7 Å². The second kappa shape index (κ2) is 8.46. The Morgan fingerprint density at radius 2 is 1.56 bits per heavy atom. The summed E-state index contributed by atoms with van der Waals surface area (Å²) in [7, 11) is 0. The summed E-state index contributed by atoms with van der Waals surface area (Å²) >= 11 is 12.2. The zero-order valence-electron chi connectivity index (χ0n) is 16.7. The predicted octanol–water partition coefficient (Wildman–Crippen LogP) is 6.65. The lowest BCUT2D eigenvalue weighted by Crippen LogP contribution is -2.14. The number of benzene rings is 4. The maximum Gasteiger partial charge on any atom is 0.295 e. The summed E-state index contributed by atoms with van der Waals surface area (Å²) in [6, 6.07) is 28.1. The van der Waals surface area contributed by atoms with Gasteiger partial charge in [0.15, 0.2) is 5.82 Å². The van der Waals surface area contributed by atoms with Crippen LogP contribution in [-0.4, -0.2) is 20.7 Å². The van der Waals surface area contributed by atoms with E-state index >= 15 is 0 Å². The van der Waals surface area contributed by atoms with Crippen LogP contribution in [0.4, 0.5) is 5.69 Å². The van der Waals surface area contributed by atoms with Crippen molar-refractivity contribution >= 4 is 45.6 Å². The molecule has 0 bridgehead atoms. The van der Waals surface area contributed by atoms with Gasteiger partial charge in [-0.3, -0.25) is 4.79 Å². The van der Waals surface area contributed by atoms with Crippen LogP contribution in [0.5, 0.6) is 0 Å². The highest BCUT2D eigenvalue weighted by Crippen LogP contribution is 2.25. The number of halogens is 2. The molecule has 1 aromatic heterocycles. The molecule has 0 fully saturated rings. The van der Waals surface area contributed by atoms with E-state index in [1.165, 1.54) is 0 Å². The normalized spacial score (nSPS) is 10.9. The maximum atomic E-state index is 13.0. The number of amides is 1. The third-order valence-corrected chi connectivity index (χ3v) is 5.46. The van der Waals surface area contributed by atoms with Crippen LogP contribution in [-0.2, 0) is 0 Å². The van der Waals surface area contributed by atoms with E-state index in [-0.39, 0.29) is 5.82 Å². The molecule has 0 saturated heterocycles. The highest BCUT2D eigenvalue weighted by Gasteiger charge is 2.19. The van der Waals surface area contributed by atoms with Crippen molar-refractivity contribution in [2.45, 2.75) is 0 Å². The van der Waals surface area contributed by atoms with Crippen molar-refractivity contribution < 1.29 is 4.79 Å². The van der Waals surface area contributed by atoms with E-state index in [0.29, 0.717) is 21.6 Å². The number of aromatic nitrogens is 3. The number of carbonyl (C=O) groups excluding carboxylic acids is 1. The van der Waals surface area contributed by atoms with Crippen LogP contribution in [0.25, 0.3) is 27.8 Å². The third-order valence-electron chi connectivity index (χ3n) is 4.97. The first kappa shape index (κ1) is 20.2. The van der Waals surface area contributed by atoms with Gasteiger partial charge in [-0.15, -0.1) is 5.10 Å². The largest absolute Gasteiger partial charge is 0.319 e. The molecule has 0 aliphatic carbocycles. The number of fused-ring (bicyclic) bond motifs is 1. The Bertz CT molecular complexity index is 1440. The smallest absolute Gasteiger partial charge is 0.295 e. The van der Waals surface area contributed by atoms with Gasteiger partial charge in [-0.2, -0.15) is 0 Å². The Morgan fingerprint density at radius 3 is 2.34 bits per heavy atom. The van der Waals surface area contributed by atoms with Crippen LogP contribution < -0.4 is 5.32 Å². The number of hydrogen-bond donors (Lipinski definition) is 1. The summed E-state index contributed by atoms with van der Waals surface area (Å²) < 4.78 is 1.61. The summed E-state index contributed by atoms with van der Waals surface area (Å²) in [5, 5.41) is 10.7. The molecule has 7 heteroatoms. The van der Waals surface area contributed by atoms with Crippen LogP contribution in [0.3, 0.4) is 0 Å². The van der Waals surface area contributed by atoms with E-state index in [1.54, 1.807) is 28.9 Å². The fourth-order valence-electron chi connectivity index (χ4n) is 3.44. The molecule has 5 nitrogen and oxygen atoms in total. The Balaban J connectivity index is 1.53. The monoisotopic (exact) mass is 458 g/mol. The first-order valence-electron chi connectivity index (χ1n) is 9.86.